The van der Waals surface area contributed by atoms with Gasteiger partial charge in [-0.3, -0.25) is 19.4 Å². The van der Waals surface area contributed by atoms with E-state index >= 15 is 0 Å². The predicted molar refractivity (Wildman–Crippen MR) is 103 cm³/mol. The fraction of sp³-hybridized carbons (Fsp3) is 0.294. The van der Waals surface area contributed by atoms with Gasteiger partial charge in [0.1, 0.15) is 6.04 Å². The van der Waals surface area contributed by atoms with E-state index in [9.17, 15) is 14.4 Å². The van der Waals surface area contributed by atoms with Crippen molar-refractivity contribution in [2.24, 2.45) is 0 Å². The van der Waals surface area contributed by atoms with E-state index in [-0.39, 0.29) is 30.7 Å². The van der Waals surface area contributed by atoms with Crippen molar-refractivity contribution in [1.29, 1.82) is 0 Å². The second kappa shape index (κ2) is 10.0. The van der Waals surface area contributed by atoms with E-state index in [2.05, 4.69) is 36.9 Å². The normalized spacial score (nSPS) is 11.5. The number of halogens is 1. The van der Waals surface area contributed by atoms with Gasteiger partial charge in [0.25, 0.3) is 5.91 Å². The van der Waals surface area contributed by atoms with E-state index < -0.39 is 6.04 Å². The number of nitrogens with zero attached hydrogens (tertiary/aromatic N) is 1. The summed E-state index contributed by atoms with van der Waals surface area (Å²) in [6, 6.07) is 6.40. The first-order valence-electron chi connectivity index (χ1n) is 7.95. The van der Waals surface area contributed by atoms with Crippen molar-refractivity contribution in [1.82, 2.24) is 20.9 Å². The number of hydrogen-bond donors (Lipinski definition) is 3. The Labute approximate surface area is 163 Å². The van der Waals surface area contributed by atoms with E-state index in [4.69, 9.17) is 0 Å². The molecule has 0 radical (unpaired) electrons. The second-order valence-electron chi connectivity index (χ2n) is 5.47. The van der Waals surface area contributed by atoms with Gasteiger partial charge in [-0.25, -0.2) is 0 Å². The molecule has 3 N–H and O–H groups in total. The molecule has 0 bridgehead atoms. The first-order chi connectivity index (χ1) is 12.5. The smallest absolute Gasteiger partial charge is 0.262 e. The summed E-state index contributed by atoms with van der Waals surface area (Å²) >= 11 is 4.58. The van der Waals surface area contributed by atoms with Crippen molar-refractivity contribution in [3.8, 4) is 0 Å². The lowest BCUT2D eigenvalue weighted by molar-refractivity contribution is -0.123. The second-order valence-corrected chi connectivity index (χ2v) is 7.94. The van der Waals surface area contributed by atoms with Gasteiger partial charge in [-0.05, 0) is 52.7 Å². The van der Waals surface area contributed by atoms with E-state index in [1.807, 2.05) is 12.1 Å². The maximum Gasteiger partial charge on any atom is 0.262 e. The SMILES string of the molecule is CC(NC(=O)c1ccc(Br)s1)C(=O)NCCC(=O)NCc1ccncc1. The molecule has 2 aromatic rings. The molecule has 0 fully saturated rings. The standard InChI is InChI=1S/C17H19BrN4O3S/c1-11(22-17(25)13-2-3-14(18)26-13)16(24)20-9-6-15(23)21-10-12-4-7-19-8-5-12/h2-5,7-8,11H,6,9-10H2,1H3,(H,20,24)(H,21,23)(H,22,25). The Morgan fingerprint density at radius 3 is 2.54 bits per heavy atom. The first-order valence-corrected chi connectivity index (χ1v) is 9.56. The maximum absolute atomic E-state index is 12.0. The van der Waals surface area contributed by atoms with Crippen LogP contribution in [0.4, 0.5) is 0 Å². The highest BCUT2D eigenvalue weighted by Gasteiger charge is 2.17. The van der Waals surface area contributed by atoms with E-state index in [0.717, 1.165) is 9.35 Å². The lowest BCUT2D eigenvalue weighted by atomic mass is 10.2. The average molecular weight is 439 g/mol. The minimum Gasteiger partial charge on any atom is -0.354 e. The van der Waals surface area contributed by atoms with Crippen molar-refractivity contribution in [3.63, 3.8) is 0 Å². The number of pyridine rings is 1. The van der Waals surface area contributed by atoms with Crippen molar-refractivity contribution >= 4 is 45.0 Å². The number of rotatable bonds is 8. The number of carbonyl (C=O) groups is 3. The molecular formula is C17H19BrN4O3S. The Morgan fingerprint density at radius 2 is 1.88 bits per heavy atom. The van der Waals surface area contributed by atoms with Gasteiger partial charge >= 0.3 is 0 Å². The minimum absolute atomic E-state index is 0.162. The number of hydrogen-bond acceptors (Lipinski definition) is 5. The van der Waals surface area contributed by atoms with Crippen LogP contribution >= 0.6 is 27.3 Å². The minimum atomic E-state index is -0.691. The summed E-state index contributed by atoms with van der Waals surface area (Å²) in [6.45, 7) is 2.21. The van der Waals surface area contributed by atoms with Crippen LogP contribution in [0.3, 0.4) is 0 Å². The Hall–Kier alpha value is -2.26. The summed E-state index contributed by atoms with van der Waals surface area (Å²) in [5.41, 5.74) is 0.953. The van der Waals surface area contributed by atoms with Crippen LogP contribution in [0, 0.1) is 0 Å². The zero-order valence-corrected chi connectivity index (χ0v) is 16.5. The van der Waals surface area contributed by atoms with E-state index in [0.29, 0.717) is 11.4 Å². The molecule has 1 unspecified atom stereocenters. The Balaban J connectivity index is 1.65. The molecule has 2 rings (SSSR count). The van der Waals surface area contributed by atoms with Crippen molar-refractivity contribution < 1.29 is 14.4 Å². The number of aromatic nitrogens is 1. The van der Waals surface area contributed by atoms with Crippen LogP contribution in [-0.2, 0) is 16.1 Å². The molecule has 0 aliphatic heterocycles. The summed E-state index contributed by atoms with van der Waals surface area (Å²) < 4.78 is 0.845. The molecule has 0 aliphatic carbocycles. The fourth-order valence-electron chi connectivity index (χ4n) is 2.01. The van der Waals surface area contributed by atoms with Crippen LogP contribution in [-0.4, -0.2) is 35.3 Å². The molecule has 3 amide bonds. The Morgan fingerprint density at radius 1 is 1.15 bits per heavy atom. The summed E-state index contributed by atoms with van der Waals surface area (Å²) in [6.07, 6.45) is 3.48. The van der Waals surface area contributed by atoms with Gasteiger partial charge in [-0.1, -0.05) is 0 Å². The van der Waals surface area contributed by atoms with Gasteiger partial charge in [-0.2, -0.15) is 0 Å². The molecule has 2 heterocycles. The molecule has 1 atom stereocenters. The summed E-state index contributed by atoms with van der Waals surface area (Å²) in [4.78, 5) is 40.2. The highest BCUT2D eigenvalue weighted by molar-refractivity contribution is 9.11. The van der Waals surface area contributed by atoms with Crippen molar-refractivity contribution in [3.05, 3.63) is 50.9 Å². The van der Waals surface area contributed by atoms with E-state index in [1.165, 1.54) is 11.3 Å². The third kappa shape index (κ3) is 6.57. The zero-order chi connectivity index (χ0) is 18.9. The lowest BCUT2D eigenvalue weighted by Crippen LogP contribution is -2.45. The fourth-order valence-corrected chi connectivity index (χ4v) is 3.30. The van der Waals surface area contributed by atoms with Crippen LogP contribution in [0.2, 0.25) is 0 Å². The molecule has 138 valence electrons. The quantitative estimate of drug-likeness (QED) is 0.585. The predicted octanol–water partition coefficient (Wildman–Crippen LogP) is 1.85. The molecule has 0 aliphatic rings. The number of amides is 3. The molecule has 0 aromatic carbocycles. The Kier molecular flexibility index (Phi) is 7.73. The summed E-state index contributed by atoms with van der Waals surface area (Å²) in [5.74, 6) is -0.809. The van der Waals surface area contributed by atoms with Crippen molar-refractivity contribution in [2.45, 2.75) is 25.9 Å². The van der Waals surface area contributed by atoms with Gasteiger partial charge < -0.3 is 16.0 Å². The van der Waals surface area contributed by atoms with Gasteiger partial charge in [0.2, 0.25) is 11.8 Å². The van der Waals surface area contributed by atoms with Crippen LogP contribution in [0.15, 0.2) is 40.4 Å². The molecule has 0 spiro atoms. The van der Waals surface area contributed by atoms with Gasteiger partial charge in [-0.15, -0.1) is 11.3 Å². The molecule has 0 saturated carbocycles. The van der Waals surface area contributed by atoms with Gasteiger partial charge in [0, 0.05) is 31.9 Å². The third-order valence-corrected chi connectivity index (χ3v) is 5.05. The molecule has 26 heavy (non-hydrogen) atoms. The van der Waals surface area contributed by atoms with Crippen LogP contribution < -0.4 is 16.0 Å². The van der Waals surface area contributed by atoms with Crippen LogP contribution in [0.25, 0.3) is 0 Å². The molecule has 9 heteroatoms. The number of carbonyl (C=O) groups excluding carboxylic acids is 3. The molecule has 0 saturated heterocycles. The monoisotopic (exact) mass is 438 g/mol. The van der Waals surface area contributed by atoms with Crippen LogP contribution in [0.5, 0.6) is 0 Å². The molecular weight excluding hydrogens is 420 g/mol. The summed E-state index contributed by atoms with van der Waals surface area (Å²) in [7, 11) is 0. The lowest BCUT2D eigenvalue weighted by Gasteiger charge is -2.13. The molecule has 2 aromatic heterocycles. The average Bonchev–Trinajstić information content (AvgIpc) is 3.07. The number of nitrogens with one attached hydrogen (secondary N) is 3. The maximum atomic E-state index is 12.0. The zero-order valence-electron chi connectivity index (χ0n) is 14.1. The van der Waals surface area contributed by atoms with Gasteiger partial charge in [0.15, 0.2) is 0 Å². The largest absolute Gasteiger partial charge is 0.354 e. The van der Waals surface area contributed by atoms with Gasteiger partial charge in [0.05, 0.1) is 8.66 Å². The topological polar surface area (TPSA) is 100 Å². The highest BCUT2D eigenvalue weighted by Crippen LogP contribution is 2.21. The van der Waals surface area contributed by atoms with E-state index in [1.54, 1.807) is 31.5 Å². The van der Waals surface area contributed by atoms with Crippen LogP contribution in [0.1, 0.15) is 28.6 Å². The number of thiophene rings is 1. The Bertz CT molecular complexity index is 766. The summed E-state index contributed by atoms with van der Waals surface area (Å²) in [5, 5.41) is 8.04. The molecule has 7 nitrogen and oxygen atoms in total. The third-order valence-electron chi connectivity index (χ3n) is 3.43. The highest BCUT2D eigenvalue weighted by atomic mass is 79.9. The first kappa shape index (κ1) is 20.1. The van der Waals surface area contributed by atoms with Crippen molar-refractivity contribution in [2.75, 3.05) is 6.54 Å².